The van der Waals surface area contributed by atoms with Crippen LogP contribution in [0.1, 0.15) is 61.7 Å². The summed E-state index contributed by atoms with van der Waals surface area (Å²) in [4.78, 5) is 33.7. The van der Waals surface area contributed by atoms with Crippen molar-refractivity contribution in [2.24, 2.45) is 29.1 Å². The number of pyridine rings is 1. The van der Waals surface area contributed by atoms with E-state index in [2.05, 4.69) is 9.88 Å². The van der Waals surface area contributed by atoms with E-state index >= 15 is 0 Å². The van der Waals surface area contributed by atoms with E-state index in [0.29, 0.717) is 30.0 Å². The van der Waals surface area contributed by atoms with Crippen LogP contribution in [0.4, 0.5) is 0 Å². The first-order valence-electron chi connectivity index (χ1n) is 11.5. The smallest absolute Gasteiger partial charge is 0.253 e. The Morgan fingerprint density at radius 1 is 1.03 bits per heavy atom. The van der Waals surface area contributed by atoms with Crippen LogP contribution in [-0.4, -0.2) is 53.3 Å². The Hall–Kier alpha value is -1.91. The second-order valence-electron chi connectivity index (χ2n) is 10.4. The van der Waals surface area contributed by atoms with Gasteiger partial charge in [-0.15, -0.1) is 0 Å². The SMILES string of the molecule is CN(CC12CC3CC(CC(C3)C1)C2)C(=O)C1CCN(C(=O)c2ccncc2)CC1. The number of aromatic nitrogens is 1. The quantitative estimate of drug-likeness (QED) is 0.783. The molecule has 1 saturated heterocycles. The Balaban J connectivity index is 1.16. The molecule has 5 heteroatoms. The summed E-state index contributed by atoms with van der Waals surface area (Å²) in [7, 11) is 2.02. The summed E-state index contributed by atoms with van der Waals surface area (Å²) >= 11 is 0. The van der Waals surface area contributed by atoms with Gasteiger partial charge < -0.3 is 9.80 Å². The lowest BCUT2D eigenvalue weighted by atomic mass is 9.49. The zero-order chi connectivity index (χ0) is 20.0. The third kappa shape index (κ3) is 3.69. The molecule has 156 valence electrons. The summed E-state index contributed by atoms with van der Waals surface area (Å²) in [6.07, 6.45) is 13.2. The molecule has 6 rings (SSSR count). The molecule has 2 amide bonds. The van der Waals surface area contributed by atoms with Crippen LogP contribution in [0.5, 0.6) is 0 Å². The molecule has 0 unspecified atom stereocenters. The summed E-state index contributed by atoms with van der Waals surface area (Å²) < 4.78 is 0. The van der Waals surface area contributed by atoms with Crippen LogP contribution in [0.15, 0.2) is 24.5 Å². The fourth-order valence-corrected chi connectivity index (χ4v) is 7.38. The second kappa shape index (κ2) is 7.41. The van der Waals surface area contributed by atoms with Crippen LogP contribution in [0, 0.1) is 29.1 Å². The van der Waals surface area contributed by atoms with Gasteiger partial charge in [-0.25, -0.2) is 0 Å². The maximum atomic E-state index is 13.2. The lowest BCUT2D eigenvalue weighted by Crippen LogP contribution is -2.52. The Morgan fingerprint density at radius 2 is 1.59 bits per heavy atom. The summed E-state index contributed by atoms with van der Waals surface area (Å²) in [6, 6.07) is 3.53. The number of piperidine rings is 1. The number of likely N-dealkylation sites (tertiary alicyclic amines) is 1. The van der Waals surface area contributed by atoms with Gasteiger partial charge in [0.05, 0.1) is 0 Å². The first-order chi connectivity index (χ1) is 14.0. The Labute approximate surface area is 173 Å². The van der Waals surface area contributed by atoms with Crippen molar-refractivity contribution in [1.82, 2.24) is 14.8 Å². The van der Waals surface area contributed by atoms with Crippen molar-refractivity contribution in [2.75, 3.05) is 26.7 Å². The molecule has 0 aromatic carbocycles. The number of carbonyl (C=O) groups excluding carboxylic acids is 2. The number of carbonyl (C=O) groups is 2. The van der Waals surface area contributed by atoms with E-state index in [4.69, 9.17) is 0 Å². The van der Waals surface area contributed by atoms with Crippen molar-refractivity contribution in [3.05, 3.63) is 30.1 Å². The zero-order valence-corrected chi connectivity index (χ0v) is 17.6. The predicted octanol–water partition coefficient (Wildman–Crippen LogP) is 3.61. The zero-order valence-electron chi connectivity index (χ0n) is 17.6. The van der Waals surface area contributed by atoms with E-state index in [1.807, 2.05) is 11.9 Å². The summed E-state index contributed by atoms with van der Waals surface area (Å²) in [6.45, 7) is 2.29. The number of hydrogen-bond acceptors (Lipinski definition) is 3. The fourth-order valence-electron chi connectivity index (χ4n) is 7.38. The van der Waals surface area contributed by atoms with Gasteiger partial charge in [0.25, 0.3) is 5.91 Å². The van der Waals surface area contributed by atoms with Gasteiger partial charge in [0.15, 0.2) is 0 Å². The van der Waals surface area contributed by atoms with Crippen LogP contribution < -0.4 is 0 Å². The normalized spacial score (nSPS) is 33.7. The third-order valence-corrected chi connectivity index (χ3v) is 8.17. The minimum absolute atomic E-state index is 0.0558. The molecule has 0 atom stereocenters. The molecule has 4 saturated carbocycles. The van der Waals surface area contributed by atoms with Crippen LogP contribution >= 0.6 is 0 Å². The minimum Gasteiger partial charge on any atom is -0.345 e. The number of nitrogens with zero attached hydrogens (tertiary/aromatic N) is 3. The Kier molecular flexibility index (Phi) is 4.87. The molecular weight excluding hydrogens is 362 g/mol. The molecule has 4 bridgehead atoms. The molecule has 29 heavy (non-hydrogen) atoms. The van der Waals surface area contributed by atoms with Gasteiger partial charge in [0, 0.05) is 50.6 Å². The van der Waals surface area contributed by atoms with Gasteiger partial charge in [-0.2, -0.15) is 0 Å². The van der Waals surface area contributed by atoms with Gasteiger partial charge in [0.1, 0.15) is 0 Å². The highest BCUT2D eigenvalue weighted by atomic mass is 16.2. The van der Waals surface area contributed by atoms with E-state index in [1.165, 1.54) is 38.5 Å². The molecule has 2 heterocycles. The lowest BCUT2D eigenvalue weighted by Gasteiger charge is -2.57. The van der Waals surface area contributed by atoms with E-state index in [-0.39, 0.29) is 11.8 Å². The Morgan fingerprint density at radius 3 is 2.14 bits per heavy atom. The molecule has 5 nitrogen and oxygen atoms in total. The van der Waals surface area contributed by atoms with E-state index in [0.717, 1.165) is 37.1 Å². The van der Waals surface area contributed by atoms with Crippen molar-refractivity contribution in [1.29, 1.82) is 0 Å². The van der Waals surface area contributed by atoms with Gasteiger partial charge >= 0.3 is 0 Å². The first-order valence-corrected chi connectivity index (χ1v) is 11.5. The Bertz CT molecular complexity index is 734. The van der Waals surface area contributed by atoms with E-state index < -0.39 is 0 Å². The topological polar surface area (TPSA) is 53.5 Å². The molecule has 5 aliphatic rings. The van der Waals surface area contributed by atoms with Gasteiger partial charge in [-0.05, 0) is 86.7 Å². The lowest BCUT2D eigenvalue weighted by molar-refractivity contribution is -0.140. The summed E-state index contributed by atoms with van der Waals surface area (Å²) in [5.74, 6) is 3.19. The minimum atomic E-state index is 0.0558. The number of rotatable bonds is 4. The van der Waals surface area contributed by atoms with Crippen molar-refractivity contribution < 1.29 is 9.59 Å². The van der Waals surface area contributed by atoms with Gasteiger partial charge in [0.2, 0.25) is 5.91 Å². The average Bonchev–Trinajstić information content (AvgIpc) is 2.72. The fraction of sp³-hybridized carbons (Fsp3) is 0.708. The largest absolute Gasteiger partial charge is 0.345 e. The molecular formula is C24H33N3O2. The second-order valence-corrected chi connectivity index (χ2v) is 10.4. The first kappa shape index (κ1) is 19.1. The monoisotopic (exact) mass is 395 g/mol. The van der Waals surface area contributed by atoms with Crippen molar-refractivity contribution in [3.8, 4) is 0 Å². The molecule has 0 N–H and O–H groups in total. The highest BCUT2D eigenvalue weighted by Crippen LogP contribution is 2.60. The third-order valence-electron chi connectivity index (χ3n) is 8.17. The standard InChI is InChI=1S/C24H33N3O2/c1-26(16-24-13-17-10-18(14-24)12-19(11-17)15-24)22(28)21-4-8-27(9-5-21)23(29)20-2-6-25-7-3-20/h2-3,6-7,17-19,21H,4-5,8-16H2,1H3. The highest BCUT2D eigenvalue weighted by molar-refractivity contribution is 5.94. The molecule has 4 aliphatic carbocycles. The molecule has 1 aromatic rings. The van der Waals surface area contributed by atoms with Crippen molar-refractivity contribution in [2.45, 2.75) is 51.4 Å². The van der Waals surface area contributed by atoms with Crippen LogP contribution in [0.3, 0.4) is 0 Å². The maximum Gasteiger partial charge on any atom is 0.253 e. The van der Waals surface area contributed by atoms with Crippen LogP contribution in [-0.2, 0) is 4.79 Å². The van der Waals surface area contributed by atoms with Gasteiger partial charge in [-0.3, -0.25) is 14.6 Å². The average molecular weight is 396 g/mol. The molecule has 1 aliphatic heterocycles. The van der Waals surface area contributed by atoms with E-state index in [9.17, 15) is 9.59 Å². The number of hydrogen-bond donors (Lipinski definition) is 0. The number of amides is 2. The molecule has 0 spiro atoms. The van der Waals surface area contributed by atoms with Crippen molar-refractivity contribution in [3.63, 3.8) is 0 Å². The highest BCUT2D eigenvalue weighted by Gasteiger charge is 2.51. The van der Waals surface area contributed by atoms with Crippen LogP contribution in [0.2, 0.25) is 0 Å². The van der Waals surface area contributed by atoms with Gasteiger partial charge in [-0.1, -0.05) is 0 Å². The molecule has 0 radical (unpaired) electrons. The molecule has 5 fully saturated rings. The summed E-state index contributed by atoms with van der Waals surface area (Å²) in [5.41, 5.74) is 1.08. The summed E-state index contributed by atoms with van der Waals surface area (Å²) in [5, 5.41) is 0. The van der Waals surface area contributed by atoms with E-state index in [1.54, 1.807) is 24.5 Å². The van der Waals surface area contributed by atoms with Crippen molar-refractivity contribution >= 4 is 11.8 Å². The van der Waals surface area contributed by atoms with Crippen LogP contribution in [0.25, 0.3) is 0 Å². The molecule has 1 aromatic heterocycles. The predicted molar refractivity (Wildman–Crippen MR) is 111 cm³/mol. The maximum absolute atomic E-state index is 13.2.